The lowest BCUT2D eigenvalue weighted by Gasteiger charge is -2.23. The summed E-state index contributed by atoms with van der Waals surface area (Å²) < 4.78 is 0. The van der Waals surface area contributed by atoms with Gasteiger partial charge in [0.15, 0.2) is 0 Å². The predicted molar refractivity (Wildman–Crippen MR) is 64.2 cm³/mol. The number of rotatable bonds is 5. The fourth-order valence-electron chi connectivity index (χ4n) is 3.00. The summed E-state index contributed by atoms with van der Waals surface area (Å²) in [7, 11) is 0. The molecule has 0 aliphatic heterocycles. The highest BCUT2D eigenvalue weighted by atomic mass is 14.5. The van der Waals surface area contributed by atoms with Crippen LogP contribution in [0, 0.1) is 35.5 Å². The first-order valence-electron chi connectivity index (χ1n) is 6.49. The molecular weight excluding hydrogens is 168 g/mol. The Kier molecular flexibility index (Phi) is 4.04. The Labute approximate surface area is 90.5 Å². The molecule has 0 heterocycles. The first kappa shape index (κ1) is 12.1. The summed E-state index contributed by atoms with van der Waals surface area (Å²) in [6, 6.07) is 0. The van der Waals surface area contributed by atoms with Crippen molar-refractivity contribution in [2.45, 2.75) is 54.4 Å². The summed E-state index contributed by atoms with van der Waals surface area (Å²) in [4.78, 5) is 0. The summed E-state index contributed by atoms with van der Waals surface area (Å²) in [5.74, 6) is 5.77. The highest BCUT2D eigenvalue weighted by Gasteiger charge is 2.45. The van der Waals surface area contributed by atoms with Gasteiger partial charge in [-0.1, -0.05) is 48.0 Å². The molecule has 0 amide bonds. The van der Waals surface area contributed by atoms with Crippen LogP contribution in [-0.2, 0) is 0 Å². The standard InChI is InChI=1S/C14H28/c1-7-13-12(6)14(13)8-10(4)11(5)9(2)3/h9-14H,7-8H2,1-6H3. The van der Waals surface area contributed by atoms with Gasteiger partial charge in [0.2, 0.25) is 0 Å². The van der Waals surface area contributed by atoms with Crippen molar-refractivity contribution >= 4 is 0 Å². The molecule has 5 atom stereocenters. The third-order valence-corrected chi connectivity index (χ3v) is 4.82. The van der Waals surface area contributed by atoms with Gasteiger partial charge in [0.1, 0.15) is 0 Å². The fourth-order valence-corrected chi connectivity index (χ4v) is 3.00. The molecule has 5 unspecified atom stereocenters. The van der Waals surface area contributed by atoms with Gasteiger partial charge in [0.05, 0.1) is 0 Å². The van der Waals surface area contributed by atoms with Gasteiger partial charge in [-0.3, -0.25) is 0 Å². The minimum Gasteiger partial charge on any atom is -0.0651 e. The normalized spacial score (nSPS) is 35.8. The van der Waals surface area contributed by atoms with E-state index < -0.39 is 0 Å². The van der Waals surface area contributed by atoms with E-state index in [4.69, 9.17) is 0 Å². The van der Waals surface area contributed by atoms with Crippen LogP contribution in [0.2, 0.25) is 0 Å². The highest BCUT2D eigenvalue weighted by Crippen LogP contribution is 2.52. The monoisotopic (exact) mass is 196 g/mol. The Bertz CT molecular complexity index is 171. The van der Waals surface area contributed by atoms with Crippen LogP contribution < -0.4 is 0 Å². The van der Waals surface area contributed by atoms with Crippen molar-refractivity contribution in [1.82, 2.24) is 0 Å². The first-order chi connectivity index (χ1) is 6.49. The van der Waals surface area contributed by atoms with E-state index in [1.54, 1.807) is 0 Å². The van der Waals surface area contributed by atoms with E-state index in [9.17, 15) is 0 Å². The number of hydrogen-bond donors (Lipinski definition) is 0. The Morgan fingerprint density at radius 3 is 1.93 bits per heavy atom. The van der Waals surface area contributed by atoms with Crippen LogP contribution in [0.1, 0.15) is 54.4 Å². The molecule has 1 aliphatic rings. The maximum atomic E-state index is 2.45. The van der Waals surface area contributed by atoms with Crippen LogP contribution in [0.3, 0.4) is 0 Å². The summed E-state index contributed by atoms with van der Waals surface area (Å²) in [5, 5.41) is 0. The molecule has 0 nitrogen and oxygen atoms in total. The minimum atomic E-state index is 0.846. The largest absolute Gasteiger partial charge is 0.0651 e. The van der Waals surface area contributed by atoms with Crippen molar-refractivity contribution in [3.63, 3.8) is 0 Å². The molecule has 1 rings (SSSR count). The molecule has 0 heteroatoms. The van der Waals surface area contributed by atoms with Crippen molar-refractivity contribution in [3.05, 3.63) is 0 Å². The van der Waals surface area contributed by atoms with Gasteiger partial charge in [-0.15, -0.1) is 0 Å². The van der Waals surface area contributed by atoms with Gasteiger partial charge in [-0.25, -0.2) is 0 Å². The summed E-state index contributed by atoms with van der Waals surface area (Å²) in [6.07, 6.45) is 2.87. The molecule has 14 heavy (non-hydrogen) atoms. The highest BCUT2D eigenvalue weighted by molar-refractivity contribution is 4.94. The maximum Gasteiger partial charge on any atom is -0.0352 e. The van der Waals surface area contributed by atoms with Crippen molar-refractivity contribution in [2.75, 3.05) is 0 Å². The fraction of sp³-hybridized carbons (Fsp3) is 1.00. The van der Waals surface area contributed by atoms with Gasteiger partial charge < -0.3 is 0 Å². The third-order valence-electron chi connectivity index (χ3n) is 4.82. The lowest BCUT2D eigenvalue weighted by Crippen LogP contribution is -2.15. The molecule has 0 spiro atoms. The Balaban J connectivity index is 2.31. The maximum absolute atomic E-state index is 2.45. The predicted octanol–water partition coefficient (Wildman–Crippen LogP) is 4.60. The zero-order valence-electron chi connectivity index (χ0n) is 10.9. The molecule has 0 aromatic carbocycles. The topological polar surface area (TPSA) is 0 Å². The smallest absolute Gasteiger partial charge is 0.0352 e. The van der Waals surface area contributed by atoms with E-state index in [-0.39, 0.29) is 0 Å². The van der Waals surface area contributed by atoms with Crippen molar-refractivity contribution in [1.29, 1.82) is 0 Å². The quantitative estimate of drug-likeness (QED) is 0.603. The second kappa shape index (κ2) is 4.68. The SMILES string of the molecule is CCC1C(C)C1CC(C)C(C)C(C)C. The van der Waals surface area contributed by atoms with Gasteiger partial charge in [0.25, 0.3) is 0 Å². The Hall–Kier alpha value is 0. The lowest BCUT2D eigenvalue weighted by atomic mass is 9.83. The molecule has 0 saturated heterocycles. The summed E-state index contributed by atoms with van der Waals surface area (Å²) >= 11 is 0. The molecule has 0 N–H and O–H groups in total. The third kappa shape index (κ3) is 2.52. The minimum absolute atomic E-state index is 0.846. The second-order valence-corrected chi connectivity index (χ2v) is 5.91. The van der Waals surface area contributed by atoms with Crippen molar-refractivity contribution in [3.8, 4) is 0 Å². The van der Waals surface area contributed by atoms with Crippen LogP contribution >= 0.6 is 0 Å². The molecule has 1 fully saturated rings. The van der Waals surface area contributed by atoms with E-state index >= 15 is 0 Å². The first-order valence-corrected chi connectivity index (χ1v) is 6.49. The van der Waals surface area contributed by atoms with Gasteiger partial charge in [-0.2, -0.15) is 0 Å². The zero-order chi connectivity index (χ0) is 10.9. The average Bonchev–Trinajstić information content (AvgIpc) is 2.74. The van der Waals surface area contributed by atoms with Crippen LogP contribution in [0.5, 0.6) is 0 Å². The van der Waals surface area contributed by atoms with E-state index in [0.29, 0.717) is 0 Å². The summed E-state index contributed by atoms with van der Waals surface area (Å²) in [5.41, 5.74) is 0. The van der Waals surface area contributed by atoms with Gasteiger partial charge >= 0.3 is 0 Å². The second-order valence-electron chi connectivity index (χ2n) is 5.91. The van der Waals surface area contributed by atoms with Crippen LogP contribution in [0.4, 0.5) is 0 Å². The van der Waals surface area contributed by atoms with Crippen molar-refractivity contribution < 1.29 is 0 Å². The van der Waals surface area contributed by atoms with Crippen LogP contribution in [-0.4, -0.2) is 0 Å². The number of hydrogen-bond acceptors (Lipinski definition) is 0. The molecule has 84 valence electrons. The van der Waals surface area contributed by atoms with Gasteiger partial charge in [0, 0.05) is 0 Å². The van der Waals surface area contributed by atoms with Crippen LogP contribution in [0.15, 0.2) is 0 Å². The molecule has 0 radical (unpaired) electrons. The van der Waals surface area contributed by atoms with E-state index in [1.165, 1.54) is 12.8 Å². The zero-order valence-corrected chi connectivity index (χ0v) is 10.9. The molecule has 1 saturated carbocycles. The Morgan fingerprint density at radius 1 is 1.00 bits per heavy atom. The molecular formula is C14H28. The molecule has 1 aliphatic carbocycles. The molecule has 0 bridgehead atoms. The van der Waals surface area contributed by atoms with E-state index in [0.717, 1.165) is 35.5 Å². The van der Waals surface area contributed by atoms with E-state index in [1.807, 2.05) is 0 Å². The van der Waals surface area contributed by atoms with Gasteiger partial charge in [-0.05, 0) is 41.9 Å². The summed E-state index contributed by atoms with van der Waals surface area (Å²) in [6.45, 7) is 14.4. The average molecular weight is 196 g/mol. The lowest BCUT2D eigenvalue weighted by molar-refractivity contribution is 0.266. The molecule has 0 aromatic rings. The Morgan fingerprint density at radius 2 is 1.57 bits per heavy atom. The van der Waals surface area contributed by atoms with Crippen LogP contribution in [0.25, 0.3) is 0 Å². The molecule has 0 aromatic heterocycles. The van der Waals surface area contributed by atoms with Crippen molar-refractivity contribution in [2.24, 2.45) is 35.5 Å². The van der Waals surface area contributed by atoms with E-state index in [2.05, 4.69) is 41.5 Å².